The van der Waals surface area contributed by atoms with E-state index < -0.39 is 0 Å². The van der Waals surface area contributed by atoms with Crippen LogP contribution in [0.2, 0.25) is 0 Å². The highest BCUT2D eigenvalue weighted by molar-refractivity contribution is 9.10. The van der Waals surface area contributed by atoms with Crippen LogP contribution in [0.5, 0.6) is 0 Å². The largest absolute Gasteiger partial charge is 0.370 e. The third-order valence-electron chi connectivity index (χ3n) is 3.72. The molecule has 0 aliphatic rings. The number of hydrogen-bond donors (Lipinski definition) is 1. The van der Waals surface area contributed by atoms with Crippen molar-refractivity contribution >= 4 is 21.6 Å². The van der Waals surface area contributed by atoms with Crippen molar-refractivity contribution in [2.45, 2.75) is 39.2 Å². The van der Waals surface area contributed by atoms with E-state index in [-0.39, 0.29) is 6.04 Å². The van der Waals surface area contributed by atoms with Gasteiger partial charge in [0.2, 0.25) is 0 Å². The Morgan fingerprint density at radius 2 is 1.86 bits per heavy atom. The molecule has 3 nitrogen and oxygen atoms in total. The first-order valence-corrected chi connectivity index (χ1v) is 8.70. The fourth-order valence-electron chi connectivity index (χ4n) is 2.29. The number of benzene rings is 1. The first-order valence-electron chi connectivity index (χ1n) is 7.91. The van der Waals surface area contributed by atoms with E-state index >= 15 is 0 Å². The van der Waals surface area contributed by atoms with Crippen molar-refractivity contribution in [1.29, 1.82) is 0 Å². The van der Waals surface area contributed by atoms with Crippen LogP contribution in [0.25, 0.3) is 0 Å². The number of nitrogens with two attached hydrogens (primary N) is 1. The summed E-state index contributed by atoms with van der Waals surface area (Å²) in [5.74, 6) is 0. The highest BCUT2D eigenvalue weighted by Gasteiger charge is 2.10. The summed E-state index contributed by atoms with van der Waals surface area (Å²) in [5.41, 5.74) is 8.66. The average molecular weight is 356 g/mol. The Hall–Kier alpha value is -0.580. The van der Waals surface area contributed by atoms with E-state index in [1.54, 1.807) is 0 Å². The molecule has 0 aliphatic carbocycles. The fraction of sp³-hybridized carbons (Fsp3) is 0.647. The molecule has 0 radical (unpaired) electrons. The van der Waals surface area contributed by atoms with Crippen molar-refractivity contribution in [3.8, 4) is 0 Å². The van der Waals surface area contributed by atoms with Gasteiger partial charge < -0.3 is 15.5 Å². The number of hydrogen-bond acceptors (Lipinski definition) is 3. The molecule has 1 aromatic rings. The zero-order chi connectivity index (χ0) is 15.8. The normalized spacial score (nSPS) is 12.7. The second-order valence-electron chi connectivity index (χ2n) is 5.94. The third-order valence-corrected chi connectivity index (χ3v) is 4.46. The summed E-state index contributed by atoms with van der Waals surface area (Å²) in [7, 11) is 4.24. The van der Waals surface area contributed by atoms with E-state index in [1.807, 2.05) is 0 Å². The minimum absolute atomic E-state index is 0.243. The van der Waals surface area contributed by atoms with Gasteiger partial charge in [-0.25, -0.2) is 0 Å². The molecule has 1 rings (SSSR count). The van der Waals surface area contributed by atoms with Crippen molar-refractivity contribution in [1.82, 2.24) is 4.90 Å². The summed E-state index contributed by atoms with van der Waals surface area (Å²) in [6.45, 7) is 7.58. The Kier molecular flexibility index (Phi) is 8.30. The lowest BCUT2D eigenvalue weighted by Gasteiger charge is -2.26. The van der Waals surface area contributed by atoms with E-state index in [4.69, 9.17) is 5.73 Å². The van der Waals surface area contributed by atoms with Crippen LogP contribution in [0, 0.1) is 0 Å². The van der Waals surface area contributed by atoms with Gasteiger partial charge in [0.1, 0.15) is 0 Å². The number of nitrogens with zero attached hydrogens (tertiary/aromatic N) is 2. The summed E-state index contributed by atoms with van der Waals surface area (Å²) >= 11 is 3.71. The quantitative estimate of drug-likeness (QED) is 0.735. The zero-order valence-electron chi connectivity index (χ0n) is 13.9. The van der Waals surface area contributed by atoms with Gasteiger partial charge in [-0.05, 0) is 51.1 Å². The molecule has 1 unspecified atom stereocenters. The standard InChI is InChI=1S/C17H30BrN3/c1-5-9-21(11-10-20(3)4)16-8-7-14(17(18)13-16)12-15(19)6-2/h7-8,13,15H,5-6,9-12,19H2,1-4H3. The molecule has 1 atom stereocenters. The Morgan fingerprint density at radius 3 is 2.38 bits per heavy atom. The molecule has 0 bridgehead atoms. The SMILES string of the molecule is CCCN(CCN(C)C)c1ccc(CC(N)CC)c(Br)c1. The van der Waals surface area contributed by atoms with E-state index in [0.29, 0.717) is 0 Å². The van der Waals surface area contributed by atoms with Gasteiger partial charge in [0.05, 0.1) is 0 Å². The fourth-order valence-corrected chi connectivity index (χ4v) is 2.81. The number of likely N-dealkylation sites (N-methyl/N-ethyl adjacent to an activating group) is 1. The average Bonchev–Trinajstić information content (AvgIpc) is 2.45. The molecule has 0 aliphatic heterocycles. The molecule has 0 amide bonds. The van der Waals surface area contributed by atoms with Crippen molar-refractivity contribution in [2.24, 2.45) is 5.73 Å². The number of rotatable bonds is 9. The first kappa shape index (κ1) is 18.5. The number of anilines is 1. The Bertz CT molecular complexity index is 420. The smallest absolute Gasteiger partial charge is 0.0378 e. The van der Waals surface area contributed by atoms with Crippen LogP contribution in [-0.2, 0) is 6.42 Å². The summed E-state index contributed by atoms with van der Waals surface area (Å²) in [6, 6.07) is 6.93. The van der Waals surface area contributed by atoms with Gasteiger partial charge in [0, 0.05) is 35.8 Å². The van der Waals surface area contributed by atoms with Gasteiger partial charge in [-0.1, -0.05) is 35.8 Å². The van der Waals surface area contributed by atoms with Crippen molar-refractivity contribution in [2.75, 3.05) is 38.6 Å². The maximum absolute atomic E-state index is 6.06. The maximum atomic E-state index is 6.06. The molecule has 4 heteroatoms. The van der Waals surface area contributed by atoms with Crippen LogP contribution in [0.3, 0.4) is 0 Å². The monoisotopic (exact) mass is 355 g/mol. The Balaban J connectivity index is 2.82. The molecule has 0 spiro atoms. The molecule has 2 N–H and O–H groups in total. The lowest BCUT2D eigenvalue weighted by molar-refractivity contribution is 0.413. The van der Waals surface area contributed by atoms with Crippen molar-refractivity contribution in [3.63, 3.8) is 0 Å². The molecular formula is C17H30BrN3. The first-order chi connectivity index (χ1) is 9.97. The molecule has 0 saturated carbocycles. The minimum Gasteiger partial charge on any atom is -0.370 e. The predicted octanol–water partition coefficient (Wildman–Crippen LogP) is 3.51. The summed E-state index contributed by atoms with van der Waals surface area (Å²) in [5, 5.41) is 0. The molecule has 120 valence electrons. The minimum atomic E-state index is 0.243. The van der Waals surface area contributed by atoms with E-state index in [1.165, 1.54) is 15.7 Å². The summed E-state index contributed by atoms with van der Waals surface area (Å²) in [6.07, 6.45) is 3.11. The van der Waals surface area contributed by atoms with Gasteiger partial charge in [-0.3, -0.25) is 0 Å². The van der Waals surface area contributed by atoms with Crippen LogP contribution >= 0.6 is 15.9 Å². The molecule has 0 fully saturated rings. The van der Waals surface area contributed by atoms with E-state index in [9.17, 15) is 0 Å². The molecular weight excluding hydrogens is 326 g/mol. The van der Waals surface area contributed by atoms with E-state index in [0.717, 1.165) is 38.9 Å². The Labute approximate surface area is 138 Å². The summed E-state index contributed by atoms with van der Waals surface area (Å²) < 4.78 is 1.18. The lowest BCUT2D eigenvalue weighted by Crippen LogP contribution is -2.32. The van der Waals surface area contributed by atoms with Crippen molar-refractivity contribution in [3.05, 3.63) is 28.2 Å². The van der Waals surface area contributed by atoms with Crippen LogP contribution in [-0.4, -0.2) is 44.7 Å². The van der Waals surface area contributed by atoms with Crippen LogP contribution in [0.1, 0.15) is 32.3 Å². The van der Waals surface area contributed by atoms with Gasteiger partial charge in [0.15, 0.2) is 0 Å². The number of halogens is 1. The molecule has 1 aromatic carbocycles. The molecule has 21 heavy (non-hydrogen) atoms. The maximum Gasteiger partial charge on any atom is 0.0378 e. The van der Waals surface area contributed by atoms with Crippen LogP contribution < -0.4 is 10.6 Å². The highest BCUT2D eigenvalue weighted by atomic mass is 79.9. The van der Waals surface area contributed by atoms with Gasteiger partial charge >= 0.3 is 0 Å². The van der Waals surface area contributed by atoms with Gasteiger partial charge in [-0.15, -0.1) is 0 Å². The molecule has 0 saturated heterocycles. The topological polar surface area (TPSA) is 32.5 Å². The van der Waals surface area contributed by atoms with Crippen LogP contribution in [0.4, 0.5) is 5.69 Å². The zero-order valence-corrected chi connectivity index (χ0v) is 15.5. The predicted molar refractivity (Wildman–Crippen MR) is 97.2 cm³/mol. The van der Waals surface area contributed by atoms with Crippen molar-refractivity contribution < 1.29 is 0 Å². The van der Waals surface area contributed by atoms with Crippen LogP contribution in [0.15, 0.2) is 22.7 Å². The lowest BCUT2D eigenvalue weighted by atomic mass is 10.0. The summed E-state index contributed by atoms with van der Waals surface area (Å²) in [4.78, 5) is 4.68. The second-order valence-corrected chi connectivity index (χ2v) is 6.79. The van der Waals surface area contributed by atoms with Gasteiger partial charge in [-0.2, -0.15) is 0 Å². The van der Waals surface area contributed by atoms with E-state index in [2.05, 4.69) is 71.9 Å². The molecule has 0 heterocycles. The Morgan fingerprint density at radius 1 is 1.14 bits per heavy atom. The third kappa shape index (κ3) is 6.37. The molecule has 0 aromatic heterocycles. The second kappa shape index (κ2) is 9.44. The highest BCUT2D eigenvalue weighted by Crippen LogP contribution is 2.25. The van der Waals surface area contributed by atoms with Gasteiger partial charge in [0.25, 0.3) is 0 Å².